The second-order valence-electron chi connectivity index (χ2n) is 6.64. The third-order valence-corrected chi connectivity index (χ3v) is 4.55. The lowest BCUT2D eigenvalue weighted by Gasteiger charge is -2.32. The summed E-state index contributed by atoms with van der Waals surface area (Å²) < 4.78 is 5.93. The van der Waals surface area contributed by atoms with Gasteiger partial charge in [0.15, 0.2) is 0 Å². The zero-order valence-corrected chi connectivity index (χ0v) is 14.3. The molecule has 2 aromatic rings. The monoisotopic (exact) mass is 323 g/mol. The topological polar surface area (TPSA) is 29.5 Å². The number of aryl methyl sites for hydroxylation is 1. The summed E-state index contributed by atoms with van der Waals surface area (Å²) >= 11 is 0. The number of hydrogen-bond acceptors (Lipinski definition) is 2. The van der Waals surface area contributed by atoms with E-state index < -0.39 is 0 Å². The summed E-state index contributed by atoms with van der Waals surface area (Å²) in [6, 6.07) is 18.1. The van der Waals surface area contributed by atoms with Gasteiger partial charge in [0.25, 0.3) is 0 Å². The second kappa shape index (κ2) is 8.00. The molecule has 1 aliphatic heterocycles. The Kier molecular flexibility index (Phi) is 5.52. The van der Waals surface area contributed by atoms with Crippen LogP contribution in [0, 0.1) is 12.8 Å². The van der Waals surface area contributed by atoms with Gasteiger partial charge in [-0.1, -0.05) is 42.5 Å². The smallest absolute Gasteiger partial charge is 0.227 e. The summed E-state index contributed by atoms with van der Waals surface area (Å²) in [5.41, 5.74) is 2.29. The summed E-state index contributed by atoms with van der Waals surface area (Å²) in [5, 5.41) is 0. The minimum atomic E-state index is 0.224. The van der Waals surface area contributed by atoms with Crippen molar-refractivity contribution in [1.82, 2.24) is 4.90 Å². The maximum absolute atomic E-state index is 12.5. The molecule has 0 radical (unpaired) electrons. The van der Waals surface area contributed by atoms with E-state index in [-0.39, 0.29) is 5.91 Å². The Bertz CT molecular complexity index is 669. The highest BCUT2D eigenvalue weighted by atomic mass is 16.5. The maximum atomic E-state index is 12.5. The molecule has 1 fully saturated rings. The first-order valence-corrected chi connectivity index (χ1v) is 8.72. The van der Waals surface area contributed by atoms with Crippen LogP contribution < -0.4 is 4.74 Å². The summed E-state index contributed by atoms with van der Waals surface area (Å²) in [5.74, 6) is 1.56. The van der Waals surface area contributed by atoms with Gasteiger partial charge in [-0.3, -0.25) is 4.79 Å². The van der Waals surface area contributed by atoms with Crippen molar-refractivity contribution in [2.24, 2.45) is 5.92 Å². The molecule has 3 nitrogen and oxygen atoms in total. The predicted octanol–water partition coefficient (Wildman–Crippen LogP) is 3.86. The van der Waals surface area contributed by atoms with Gasteiger partial charge in [-0.05, 0) is 43.0 Å². The van der Waals surface area contributed by atoms with E-state index in [1.807, 2.05) is 47.4 Å². The predicted molar refractivity (Wildman–Crippen MR) is 96.1 cm³/mol. The highest BCUT2D eigenvalue weighted by molar-refractivity contribution is 5.78. The lowest BCUT2D eigenvalue weighted by Crippen LogP contribution is -2.42. The lowest BCUT2D eigenvalue weighted by molar-refractivity contribution is -0.132. The van der Waals surface area contributed by atoms with Gasteiger partial charge in [0.1, 0.15) is 5.75 Å². The third-order valence-electron chi connectivity index (χ3n) is 4.55. The van der Waals surface area contributed by atoms with Gasteiger partial charge < -0.3 is 9.64 Å². The zero-order chi connectivity index (χ0) is 16.8. The van der Waals surface area contributed by atoms with E-state index in [4.69, 9.17) is 4.74 Å². The van der Waals surface area contributed by atoms with Crippen LogP contribution >= 0.6 is 0 Å². The van der Waals surface area contributed by atoms with Crippen molar-refractivity contribution in [3.63, 3.8) is 0 Å². The Morgan fingerprint density at radius 2 is 2.00 bits per heavy atom. The number of carbonyl (C=O) groups excluding carboxylic acids is 1. The number of piperidine rings is 1. The van der Waals surface area contributed by atoms with E-state index in [9.17, 15) is 4.79 Å². The van der Waals surface area contributed by atoms with Gasteiger partial charge in [-0.15, -0.1) is 0 Å². The molecule has 1 atom stereocenters. The maximum Gasteiger partial charge on any atom is 0.227 e. The van der Waals surface area contributed by atoms with Gasteiger partial charge >= 0.3 is 0 Å². The number of likely N-dealkylation sites (tertiary alicyclic amines) is 1. The van der Waals surface area contributed by atoms with E-state index >= 15 is 0 Å². The van der Waals surface area contributed by atoms with Gasteiger partial charge in [0, 0.05) is 19.0 Å². The van der Waals surface area contributed by atoms with Gasteiger partial charge in [-0.25, -0.2) is 0 Å². The highest BCUT2D eigenvalue weighted by Crippen LogP contribution is 2.20. The number of ether oxygens (including phenoxy) is 1. The third kappa shape index (κ3) is 4.60. The highest BCUT2D eigenvalue weighted by Gasteiger charge is 2.24. The largest absolute Gasteiger partial charge is 0.493 e. The lowest BCUT2D eigenvalue weighted by atomic mass is 9.98. The first-order chi connectivity index (χ1) is 11.7. The molecule has 0 N–H and O–H groups in total. The molecule has 24 heavy (non-hydrogen) atoms. The summed E-state index contributed by atoms with van der Waals surface area (Å²) in [6.07, 6.45) is 2.68. The summed E-state index contributed by atoms with van der Waals surface area (Å²) in [6.45, 7) is 4.42. The molecule has 3 heteroatoms. The first kappa shape index (κ1) is 16.6. The minimum Gasteiger partial charge on any atom is -0.493 e. The van der Waals surface area contributed by atoms with E-state index in [1.165, 1.54) is 5.56 Å². The van der Waals surface area contributed by atoms with E-state index in [0.29, 0.717) is 18.9 Å². The number of nitrogens with zero attached hydrogens (tertiary/aromatic N) is 1. The molecule has 2 aromatic carbocycles. The van der Waals surface area contributed by atoms with Crippen molar-refractivity contribution in [3.05, 3.63) is 65.7 Å². The zero-order valence-electron chi connectivity index (χ0n) is 14.3. The molecule has 1 amide bonds. The molecule has 1 aliphatic rings. The van der Waals surface area contributed by atoms with Crippen molar-refractivity contribution >= 4 is 5.91 Å². The van der Waals surface area contributed by atoms with E-state index in [2.05, 4.69) is 19.1 Å². The molecule has 3 rings (SSSR count). The van der Waals surface area contributed by atoms with Crippen LogP contribution in [0.5, 0.6) is 5.75 Å². The molecule has 126 valence electrons. The van der Waals surface area contributed by atoms with Crippen LogP contribution in [0.2, 0.25) is 0 Å². The number of amides is 1. The van der Waals surface area contributed by atoms with Crippen molar-refractivity contribution in [2.75, 3.05) is 19.7 Å². The summed E-state index contributed by atoms with van der Waals surface area (Å²) in [4.78, 5) is 14.5. The molecule has 0 bridgehead atoms. The Morgan fingerprint density at radius 1 is 1.17 bits per heavy atom. The fourth-order valence-electron chi connectivity index (χ4n) is 3.23. The van der Waals surface area contributed by atoms with Crippen LogP contribution in [0.15, 0.2) is 54.6 Å². The Morgan fingerprint density at radius 3 is 2.79 bits per heavy atom. The fourth-order valence-corrected chi connectivity index (χ4v) is 3.23. The number of benzene rings is 2. The fraction of sp³-hybridized carbons (Fsp3) is 0.381. The van der Waals surface area contributed by atoms with Crippen molar-refractivity contribution in [3.8, 4) is 5.75 Å². The van der Waals surface area contributed by atoms with Crippen LogP contribution in [0.3, 0.4) is 0 Å². The Hall–Kier alpha value is -2.29. The van der Waals surface area contributed by atoms with Crippen molar-refractivity contribution in [1.29, 1.82) is 0 Å². The molecule has 0 saturated carbocycles. The van der Waals surface area contributed by atoms with Gasteiger partial charge in [0.2, 0.25) is 5.91 Å². The molecular formula is C21H25NO2. The van der Waals surface area contributed by atoms with Gasteiger partial charge in [-0.2, -0.15) is 0 Å². The Labute approximate surface area is 144 Å². The quantitative estimate of drug-likeness (QED) is 0.836. The van der Waals surface area contributed by atoms with Crippen molar-refractivity contribution in [2.45, 2.75) is 26.2 Å². The number of rotatable bonds is 5. The van der Waals surface area contributed by atoms with Crippen LogP contribution in [0.4, 0.5) is 0 Å². The molecule has 0 aliphatic carbocycles. The molecule has 1 heterocycles. The molecule has 1 saturated heterocycles. The van der Waals surface area contributed by atoms with Crippen LogP contribution in [-0.2, 0) is 11.2 Å². The first-order valence-electron chi connectivity index (χ1n) is 8.72. The minimum absolute atomic E-state index is 0.224. The van der Waals surface area contributed by atoms with Gasteiger partial charge in [0.05, 0.1) is 13.0 Å². The Balaban J connectivity index is 1.51. The molecule has 1 unspecified atom stereocenters. The second-order valence-corrected chi connectivity index (χ2v) is 6.64. The van der Waals surface area contributed by atoms with Crippen molar-refractivity contribution < 1.29 is 9.53 Å². The normalized spacial score (nSPS) is 17.5. The molecule has 0 spiro atoms. The average molecular weight is 323 g/mol. The molecular weight excluding hydrogens is 298 g/mol. The average Bonchev–Trinajstić information content (AvgIpc) is 2.61. The SMILES string of the molecule is Cc1cccc(OCC2CCCN(C(=O)Cc3ccccc3)C2)c1. The van der Waals surface area contributed by atoms with Crippen LogP contribution in [0.1, 0.15) is 24.0 Å². The molecule has 0 aromatic heterocycles. The van der Waals surface area contributed by atoms with E-state index in [0.717, 1.165) is 37.2 Å². The van der Waals surface area contributed by atoms with Crippen LogP contribution in [-0.4, -0.2) is 30.5 Å². The van der Waals surface area contributed by atoms with Crippen LogP contribution in [0.25, 0.3) is 0 Å². The number of hydrogen-bond donors (Lipinski definition) is 0. The summed E-state index contributed by atoms with van der Waals surface area (Å²) in [7, 11) is 0. The number of carbonyl (C=O) groups is 1. The standard InChI is InChI=1S/C21H25NO2/c1-17-7-5-11-20(13-17)24-16-19-10-6-12-22(15-19)21(23)14-18-8-3-2-4-9-18/h2-5,7-9,11,13,19H,6,10,12,14-16H2,1H3. The van der Waals surface area contributed by atoms with E-state index in [1.54, 1.807) is 0 Å².